The number of carboxylic acid groups (broad SMARTS) is 1. The van der Waals surface area contributed by atoms with Crippen LogP contribution in [0.15, 0.2) is 4.42 Å². The third kappa shape index (κ3) is 1.00. The molecule has 4 nitrogen and oxygen atoms in total. The van der Waals surface area contributed by atoms with Gasteiger partial charge in [0.15, 0.2) is 0 Å². The zero-order valence-corrected chi connectivity index (χ0v) is 7.58. The highest BCUT2D eigenvalue weighted by Crippen LogP contribution is 2.45. The van der Waals surface area contributed by atoms with Gasteiger partial charge < -0.3 is 14.3 Å². The molecule has 1 aliphatic carbocycles. The Hall–Kier alpha value is -1.29. The highest BCUT2D eigenvalue weighted by molar-refractivity contribution is 5.91. The summed E-state index contributed by atoms with van der Waals surface area (Å²) < 4.78 is 10.7. The van der Waals surface area contributed by atoms with Gasteiger partial charge in [-0.3, -0.25) is 0 Å². The number of ether oxygens (including phenoxy) is 1. The van der Waals surface area contributed by atoms with Gasteiger partial charge in [-0.25, -0.2) is 4.79 Å². The van der Waals surface area contributed by atoms with Gasteiger partial charge in [0.25, 0.3) is 0 Å². The molecule has 4 heteroatoms. The minimum absolute atomic E-state index is 0.340. The Kier molecular flexibility index (Phi) is 1.50. The summed E-state index contributed by atoms with van der Waals surface area (Å²) in [6.07, 6.45) is 2.10. The molecule has 0 unspecified atom stereocenters. The molecule has 0 bridgehead atoms. The van der Waals surface area contributed by atoms with E-state index in [1.165, 1.54) is 0 Å². The van der Waals surface area contributed by atoms with Crippen LogP contribution >= 0.6 is 0 Å². The Bertz CT molecular complexity index is 400. The number of carboxylic acids is 1. The Balaban J connectivity index is 2.15. The first-order valence-electron chi connectivity index (χ1n) is 4.73. The average Bonchev–Trinajstić information content (AvgIpc) is 2.75. The van der Waals surface area contributed by atoms with E-state index in [0.717, 1.165) is 18.4 Å². The number of furan rings is 1. The van der Waals surface area contributed by atoms with Crippen molar-refractivity contribution in [3.8, 4) is 0 Å². The van der Waals surface area contributed by atoms with Crippen LogP contribution in [0.2, 0.25) is 0 Å². The Morgan fingerprint density at radius 2 is 2.14 bits per heavy atom. The molecule has 1 fully saturated rings. The summed E-state index contributed by atoms with van der Waals surface area (Å²) in [5.74, 6) is 0.837. The lowest BCUT2D eigenvalue weighted by atomic mass is 10.1. The monoisotopic (exact) mass is 194 g/mol. The first kappa shape index (κ1) is 8.05. The van der Waals surface area contributed by atoms with Gasteiger partial charge in [-0.2, -0.15) is 0 Å². The second-order valence-corrected chi connectivity index (χ2v) is 3.82. The van der Waals surface area contributed by atoms with Gasteiger partial charge in [0.1, 0.15) is 23.7 Å². The van der Waals surface area contributed by atoms with Crippen LogP contribution in [-0.2, 0) is 18.0 Å². The Labute approximate surface area is 80.5 Å². The fourth-order valence-corrected chi connectivity index (χ4v) is 1.92. The summed E-state index contributed by atoms with van der Waals surface area (Å²) in [6.45, 7) is 0.801. The molecule has 1 aromatic rings. The van der Waals surface area contributed by atoms with Crippen molar-refractivity contribution < 1.29 is 19.1 Å². The lowest BCUT2D eigenvalue weighted by Crippen LogP contribution is -2.01. The summed E-state index contributed by atoms with van der Waals surface area (Å²) in [5, 5.41) is 9.08. The molecule has 0 radical (unpaired) electrons. The molecule has 1 aromatic heterocycles. The molecule has 74 valence electrons. The molecule has 14 heavy (non-hydrogen) atoms. The third-order valence-corrected chi connectivity index (χ3v) is 2.76. The van der Waals surface area contributed by atoms with Crippen molar-refractivity contribution in [2.45, 2.75) is 32.0 Å². The first-order chi connectivity index (χ1) is 6.77. The largest absolute Gasteiger partial charge is 0.478 e. The molecule has 0 saturated heterocycles. The van der Waals surface area contributed by atoms with E-state index in [0.29, 0.717) is 36.2 Å². The normalized spacial score (nSPS) is 19.7. The molecular formula is C10H10O4. The van der Waals surface area contributed by atoms with Crippen molar-refractivity contribution in [2.24, 2.45) is 0 Å². The van der Waals surface area contributed by atoms with Crippen molar-refractivity contribution in [3.05, 3.63) is 22.6 Å². The minimum Gasteiger partial charge on any atom is -0.478 e. The predicted octanol–water partition coefficient (Wildman–Crippen LogP) is 1.89. The molecule has 3 rings (SSSR count). The van der Waals surface area contributed by atoms with Crippen molar-refractivity contribution in [2.75, 3.05) is 0 Å². The van der Waals surface area contributed by atoms with E-state index in [4.69, 9.17) is 14.3 Å². The van der Waals surface area contributed by atoms with Gasteiger partial charge in [-0.15, -0.1) is 0 Å². The maximum atomic E-state index is 11.1. The SMILES string of the molecule is O=C(O)c1c(C2CC2)oc2c1COC2. The first-order valence-corrected chi connectivity index (χ1v) is 4.73. The number of fused-ring (bicyclic) bond motifs is 1. The molecule has 2 aliphatic rings. The van der Waals surface area contributed by atoms with Crippen LogP contribution in [-0.4, -0.2) is 11.1 Å². The molecule has 1 N–H and O–H groups in total. The smallest absolute Gasteiger partial charge is 0.339 e. The van der Waals surface area contributed by atoms with Crippen LogP contribution in [0.25, 0.3) is 0 Å². The van der Waals surface area contributed by atoms with Crippen LogP contribution < -0.4 is 0 Å². The number of rotatable bonds is 2. The average molecular weight is 194 g/mol. The van der Waals surface area contributed by atoms with Crippen LogP contribution in [0.3, 0.4) is 0 Å². The lowest BCUT2D eigenvalue weighted by molar-refractivity contribution is 0.0686. The van der Waals surface area contributed by atoms with E-state index in [2.05, 4.69) is 0 Å². The highest BCUT2D eigenvalue weighted by atomic mass is 16.5. The van der Waals surface area contributed by atoms with E-state index in [-0.39, 0.29) is 0 Å². The van der Waals surface area contributed by atoms with Crippen molar-refractivity contribution in [1.29, 1.82) is 0 Å². The molecule has 1 aliphatic heterocycles. The standard InChI is InChI=1S/C10H10O4/c11-10(12)8-6-3-13-4-7(6)14-9(8)5-1-2-5/h5H,1-4H2,(H,11,12). The van der Waals surface area contributed by atoms with Crippen LogP contribution in [0, 0.1) is 0 Å². The van der Waals surface area contributed by atoms with E-state index >= 15 is 0 Å². The molecule has 0 aromatic carbocycles. The fraction of sp³-hybridized carbons (Fsp3) is 0.500. The van der Waals surface area contributed by atoms with Gasteiger partial charge in [0, 0.05) is 11.5 Å². The summed E-state index contributed by atoms with van der Waals surface area (Å²) in [6, 6.07) is 0. The number of aromatic carboxylic acids is 1. The van der Waals surface area contributed by atoms with Crippen LogP contribution in [0.4, 0.5) is 0 Å². The predicted molar refractivity (Wildman–Crippen MR) is 46.1 cm³/mol. The van der Waals surface area contributed by atoms with E-state index in [1.54, 1.807) is 0 Å². The quantitative estimate of drug-likeness (QED) is 0.780. The number of hydrogen-bond acceptors (Lipinski definition) is 3. The Morgan fingerprint density at radius 3 is 2.79 bits per heavy atom. The van der Waals surface area contributed by atoms with E-state index in [1.807, 2.05) is 0 Å². The number of hydrogen-bond donors (Lipinski definition) is 1. The van der Waals surface area contributed by atoms with Gasteiger partial charge >= 0.3 is 5.97 Å². The van der Waals surface area contributed by atoms with Gasteiger partial charge in [-0.05, 0) is 12.8 Å². The molecular weight excluding hydrogens is 184 g/mol. The van der Waals surface area contributed by atoms with E-state index < -0.39 is 5.97 Å². The maximum Gasteiger partial charge on any atom is 0.339 e. The second-order valence-electron chi connectivity index (χ2n) is 3.82. The van der Waals surface area contributed by atoms with Crippen LogP contribution in [0.5, 0.6) is 0 Å². The van der Waals surface area contributed by atoms with Crippen molar-refractivity contribution in [3.63, 3.8) is 0 Å². The molecule has 0 spiro atoms. The van der Waals surface area contributed by atoms with Crippen molar-refractivity contribution in [1.82, 2.24) is 0 Å². The molecule has 0 atom stereocenters. The summed E-state index contributed by atoms with van der Waals surface area (Å²) in [4.78, 5) is 11.1. The number of carbonyl (C=O) groups is 1. The third-order valence-electron chi connectivity index (χ3n) is 2.76. The fourth-order valence-electron chi connectivity index (χ4n) is 1.92. The van der Waals surface area contributed by atoms with E-state index in [9.17, 15) is 4.79 Å². The van der Waals surface area contributed by atoms with Crippen molar-refractivity contribution >= 4 is 5.97 Å². The molecule has 1 saturated carbocycles. The second kappa shape index (κ2) is 2.60. The van der Waals surface area contributed by atoms with Gasteiger partial charge in [-0.1, -0.05) is 0 Å². The molecule has 0 amide bonds. The maximum absolute atomic E-state index is 11.1. The van der Waals surface area contributed by atoms with Gasteiger partial charge in [0.2, 0.25) is 0 Å². The highest BCUT2D eigenvalue weighted by Gasteiger charge is 2.37. The zero-order chi connectivity index (χ0) is 9.71. The molecule has 2 heterocycles. The van der Waals surface area contributed by atoms with Crippen LogP contribution in [0.1, 0.15) is 46.2 Å². The lowest BCUT2D eigenvalue weighted by Gasteiger charge is -1.97. The zero-order valence-electron chi connectivity index (χ0n) is 7.58. The summed E-state index contributed by atoms with van der Waals surface area (Å²) in [7, 11) is 0. The Morgan fingerprint density at radius 1 is 1.36 bits per heavy atom. The minimum atomic E-state index is -0.887. The van der Waals surface area contributed by atoms with Gasteiger partial charge in [0.05, 0.1) is 6.61 Å². The topological polar surface area (TPSA) is 59.7 Å². The summed E-state index contributed by atoms with van der Waals surface area (Å²) in [5.41, 5.74) is 1.11. The summed E-state index contributed by atoms with van der Waals surface area (Å²) >= 11 is 0.